The van der Waals surface area contributed by atoms with Crippen LogP contribution in [0.25, 0.3) is 16.8 Å². The Labute approximate surface area is 214 Å². The zero-order valence-corrected chi connectivity index (χ0v) is 20.7. The van der Waals surface area contributed by atoms with Gasteiger partial charge in [0.25, 0.3) is 5.91 Å². The number of nitrogens with one attached hydrogen (secondary N) is 1. The van der Waals surface area contributed by atoms with Crippen molar-refractivity contribution in [1.29, 1.82) is 5.26 Å². The molecule has 0 atom stereocenters. The zero-order valence-electron chi connectivity index (χ0n) is 19.2. The first kappa shape index (κ1) is 24.3. The van der Waals surface area contributed by atoms with Crippen molar-refractivity contribution in [2.45, 2.75) is 20.5 Å². The number of halogens is 2. The fraction of sp³-hybridized carbons (Fsp3) is 0.103. The molecule has 174 valence electrons. The molecule has 4 nitrogen and oxygen atoms in total. The largest absolute Gasteiger partial charge is 0.488 e. The van der Waals surface area contributed by atoms with Gasteiger partial charge in [0.1, 0.15) is 24.0 Å². The second-order valence-corrected chi connectivity index (χ2v) is 8.92. The van der Waals surface area contributed by atoms with E-state index in [4.69, 9.17) is 27.9 Å². The summed E-state index contributed by atoms with van der Waals surface area (Å²) in [5.74, 6) is 0.0617. The van der Waals surface area contributed by atoms with Crippen molar-refractivity contribution in [3.05, 3.63) is 111 Å². The van der Waals surface area contributed by atoms with Crippen LogP contribution in [0.1, 0.15) is 22.3 Å². The van der Waals surface area contributed by atoms with E-state index < -0.39 is 5.91 Å². The third kappa shape index (κ3) is 5.49. The normalized spacial score (nSPS) is 11.2. The fourth-order valence-electron chi connectivity index (χ4n) is 3.71. The van der Waals surface area contributed by atoms with E-state index in [2.05, 4.69) is 5.32 Å². The van der Waals surface area contributed by atoms with E-state index in [1.807, 2.05) is 80.6 Å². The fourth-order valence-corrected chi connectivity index (χ4v) is 4.03. The highest BCUT2D eigenvalue weighted by Crippen LogP contribution is 2.32. The summed E-state index contributed by atoms with van der Waals surface area (Å²) in [5.41, 5.74) is 4.14. The standard InChI is InChI=1S/C29H22Cl2N2O2/c1-18-6-5-9-27(19(18)2)33-29(34)22(16-32)15-24-23-8-4-3-7-21(23)11-13-28(24)35-17-20-10-12-25(30)26(31)14-20/h3-15H,17H2,1-2H3,(H,33,34)/b22-15+. The summed E-state index contributed by atoms with van der Waals surface area (Å²) in [4.78, 5) is 13.0. The molecule has 0 aliphatic heterocycles. The number of rotatable bonds is 6. The number of nitriles is 1. The van der Waals surface area contributed by atoms with Gasteiger partial charge in [-0.1, -0.05) is 71.7 Å². The monoisotopic (exact) mass is 500 g/mol. The molecule has 0 radical (unpaired) electrons. The van der Waals surface area contributed by atoms with Crippen molar-refractivity contribution < 1.29 is 9.53 Å². The number of carbonyl (C=O) groups is 1. The van der Waals surface area contributed by atoms with Gasteiger partial charge in [-0.3, -0.25) is 4.79 Å². The lowest BCUT2D eigenvalue weighted by molar-refractivity contribution is -0.112. The number of anilines is 1. The molecule has 0 heterocycles. The van der Waals surface area contributed by atoms with Crippen LogP contribution in [0.15, 0.2) is 78.4 Å². The number of hydrogen-bond acceptors (Lipinski definition) is 3. The quantitative estimate of drug-likeness (QED) is 0.216. The van der Waals surface area contributed by atoms with Gasteiger partial charge in [0.15, 0.2) is 0 Å². The molecule has 35 heavy (non-hydrogen) atoms. The second kappa shape index (κ2) is 10.7. The number of benzene rings is 4. The lowest BCUT2D eigenvalue weighted by Gasteiger charge is -2.14. The van der Waals surface area contributed by atoms with Crippen molar-refractivity contribution >= 4 is 51.6 Å². The highest BCUT2D eigenvalue weighted by atomic mass is 35.5. The molecule has 1 amide bonds. The SMILES string of the molecule is Cc1cccc(NC(=O)/C(C#N)=C/c2c(OCc3ccc(Cl)c(Cl)c3)ccc3ccccc23)c1C. The molecule has 0 bridgehead atoms. The Hall–Kier alpha value is -3.78. The van der Waals surface area contributed by atoms with Gasteiger partial charge in [0.2, 0.25) is 0 Å². The van der Waals surface area contributed by atoms with Crippen LogP contribution >= 0.6 is 23.2 Å². The number of ether oxygens (including phenoxy) is 1. The molecule has 0 aliphatic rings. The van der Waals surface area contributed by atoms with Gasteiger partial charge in [0.05, 0.1) is 10.0 Å². The van der Waals surface area contributed by atoms with E-state index in [1.165, 1.54) is 0 Å². The zero-order chi connectivity index (χ0) is 24.9. The number of nitrogens with zero attached hydrogens (tertiary/aromatic N) is 1. The van der Waals surface area contributed by atoms with E-state index in [9.17, 15) is 10.1 Å². The van der Waals surface area contributed by atoms with E-state index in [0.717, 1.165) is 27.5 Å². The average molecular weight is 501 g/mol. The van der Waals surface area contributed by atoms with Crippen LogP contribution in [-0.4, -0.2) is 5.91 Å². The average Bonchev–Trinajstić information content (AvgIpc) is 2.86. The Morgan fingerprint density at radius 3 is 2.57 bits per heavy atom. The van der Waals surface area contributed by atoms with Crippen LogP contribution in [0, 0.1) is 25.2 Å². The molecule has 4 aromatic carbocycles. The predicted molar refractivity (Wildman–Crippen MR) is 143 cm³/mol. The van der Waals surface area contributed by atoms with E-state index in [1.54, 1.807) is 18.2 Å². The third-order valence-electron chi connectivity index (χ3n) is 5.82. The highest BCUT2D eigenvalue weighted by Gasteiger charge is 2.15. The van der Waals surface area contributed by atoms with Crippen LogP contribution in [0.3, 0.4) is 0 Å². The van der Waals surface area contributed by atoms with Crippen LogP contribution in [0.5, 0.6) is 5.75 Å². The molecule has 0 saturated heterocycles. The van der Waals surface area contributed by atoms with Crippen molar-refractivity contribution in [2.24, 2.45) is 0 Å². The Morgan fingerprint density at radius 1 is 1.00 bits per heavy atom. The molecule has 0 saturated carbocycles. The molecule has 0 aromatic heterocycles. The van der Waals surface area contributed by atoms with E-state index >= 15 is 0 Å². The highest BCUT2D eigenvalue weighted by molar-refractivity contribution is 6.42. The van der Waals surface area contributed by atoms with Gasteiger partial charge in [-0.15, -0.1) is 0 Å². The van der Waals surface area contributed by atoms with Crippen molar-refractivity contribution in [1.82, 2.24) is 0 Å². The van der Waals surface area contributed by atoms with Crippen molar-refractivity contribution in [2.75, 3.05) is 5.32 Å². The molecule has 4 aromatic rings. The molecular formula is C29H22Cl2N2O2. The van der Waals surface area contributed by atoms with Gasteiger partial charge in [-0.25, -0.2) is 0 Å². The molecule has 4 rings (SSSR count). The summed E-state index contributed by atoms with van der Waals surface area (Å²) in [6.45, 7) is 4.15. The topological polar surface area (TPSA) is 62.1 Å². The maximum absolute atomic E-state index is 13.0. The maximum Gasteiger partial charge on any atom is 0.266 e. The smallest absolute Gasteiger partial charge is 0.266 e. The number of amides is 1. The van der Waals surface area contributed by atoms with Gasteiger partial charge in [0, 0.05) is 11.3 Å². The minimum Gasteiger partial charge on any atom is -0.488 e. The Balaban J connectivity index is 1.71. The molecular weight excluding hydrogens is 479 g/mol. The van der Waals surface area contributed by atoms with Crippen LogP contribution in [0.4, 0.5) is 5.69 Å². The van der Waals surface area contributed by atoms with Crippen LogP contribution in [-0.2, 0) is 11.4 Å². The lowest BCUT2D eigenvalue weighted by atomic mass is 10.0. The summed E-state index contributed by atoms with van der Waals surface area (Å²) >= 11 is 12.2. The van der Waals surface area contributed by atoms with Crippen LogP contribution < -0.4 is 10.1 Å². The summed E-state index contributed by atoms with van der Waals surface area (Å²) in [5, 5.41) is 15.5. The van der Waals surface area contributed by atoms with E-state index in [0.29, 0.717) is 27.0 Å². The molecule has 0 aliphatic carbocycles. The number of hydrogen-bond donors (Lipinski definition) is 1. The van der Waals surface area contributed by atoms with Crippen molar-refractivity contribution in [3.8, 4) is 11.8 Å². The first-order valence-electron chi connectivity index (χ1n) is 10.9. The molecule has 0 spiro atoms. The third-order valence-corrected chi connectivity index (χ3v) is 6.55. The molecule has 0 unspecified atom stereocenters. The predicted octanol–water partition coefficient (Wildman–Crippen LogP) is 7.89. The minimum absolute atomic E-state index is 0.0263. The van der Waals surface area contributed by atoms with Gasteiger partial charge in [-0.2, -0.15) is 5.26 Å². The number of aryl methyl sites for hydroxylation is 1. The summed E-state index contributed by atoms with van der Waals surface area (Å²) < 4.78 is 6.12. The summed E-state index contributed by atoms with van der Waals surface area (Å²) in [7, 11) is 0. The van der Waals surface area contributed by atoms with Gasteiger partial charge < -0.3 is 10.1 Å². The van der Waals surface area contributed by atoms with Gasteiger partial charge >= 0.3 is 0 Å². The second-order valence-electron chi connectivity index (χ2n) is 8.11. The number of fused-ring (bicyclic) bond motifs is 1. The Morgan fingerprint density at radius 2 is 1.80 bits per heavy atom. The summed E-state index contributed by atoms with van der Waals surface area (Å²) in [6.07, 6.45) is 1.58. The Bertz CT molecular complexity index is 1500. The molecule has 0 fully saturated rings. The number of carbonyl (C=O) groups excluding carboxylic acids is 1. The van der Waals surface area contributed by atoms with Gasteiger partial charge in [-0.05, 0) is 71.7 Å². The first-order chi connectivity index (χ1) is 16.9. The van der Waals surface area contributed by atoms with E-state index in [-0.39, 0.29) is 12.2 Å². The lowest BCUT2D eigenvalue weighted by Crippen LogP contribution is -2.14. The van der Waals surface area contributed by atoms with Crippen molar-refractivity contribution in [3.63, 3.8) is 0 Å². The van der Waals surface area contributed by atoms with Crippen LogP contribution in [0.2, 0.25) is 10.0 Å². The summed E-state index contributed by atoms with van der Waals surface area (Å²) in [6, 6.07) is 24.5. The first-order valence-corrected chi connectivity index (χ1v) is 11.7. The Kier molecular flexibility index (Phi) is 7.41. The molecule has 1 N–H and O–H groups in total. The maximum atomic E-state index is 13.0. The minimum atomic E-state index is -0.482. The molecule has 6 heteroatoms.